The van der Waals surface area contributed by atoms with Crippen molar-refractivity contribution in [3.8, 4) is 11.8 Å². The lowest BCUT2D eigenvalue weighted by atomic mass is 10.3. The van der Waals surface area contributed by atoms with E-state index in [9.17, 15) is 0 Å². The molecule has 0 bridgehead atoms. The van der Waals surface area contributed by atoms with Crippen molar-refractivity contribution >= 4 is 34.5 Å². The van der Waals surface area contributed by atoms with Gasteiger partial charge in [-0.3, -0.25) is 5.43 Å². The molecule has 1 aromatic carbocycles. The first kappa shape index (κ1) is 14.3. The van der Waals surface area contributed by atoms with Gasteiger partial charge in [0.25, 0.3) is 0 Å². The Labute approximate surface area is 136 Å². The Kier molecular flexibility index (Phi) is 4.34. The Balaban J connectivity index is 1.90. The predicted octanol–water partition coefficient (Wildman–Crippen LogP) is 2.15. The lowest BCUT2D eigenvalue weighted by Gasteiger charge is -2.16. The highest BCUT2D eigenvalue weighted by atomic mass is 127. The molecule has 8 heteroatoms. The number of nitrogens with zero attached hydrogens (tertiary/aromatic N) is 4. The number of hydrogen-bond acceptors (Lipinski definition) is 7. The minimum atomic E-state index is 0.240. The minimum Gasteiger partial charge on any atom is -0.423 e. The van der Waals surface area contributed by atoms with Crippen LogP contribution in [0.3, 0.4) is 0 Å². The van der Waals surface area contributed by atoms with Gasteiger partial charge in [-0.05, 0) is 47.6 Å². The molecular weight excluding hydrogens is 383 g/mol. The van der Waals surface area contributed by atoms with E-state index in [2.05, 4.69) is 47.9 Å². The van der Waals surface area contributed by atoms with Crippen molar-refractivity contribution in [3.63, 3.8) is 0 Å². The van der Waals surface area contributed by atoms with Crippen LogP contribution in [0.1, 0.15) is 12.8 Å². The standard InChI is InChI=1S/C13H15IN6O/c14-9-5-1-2-6-10(9)21-13-17-11(19-15)16-12(18-13)20-7-3-4-8-20/h1-2,5-6H,3-4,7-8,15H2,(H,16,17,18,19). The zero-order chi connectivity index (χ0) is 14.7. The molecule has 21 heavy (non-hydrogen) atoms. The number of hydrogen-bond donors (Lipinski definition) is 2. The van der Waals surface area contributed by atoms with E-state index in [4.69, 9.17) is 10.6 Å². The summed E-state index contributed by atoms with van der Waals surface area (Å²) < 4.78 is 6.75. The summed E-state index contributed by atoms with van der Waals surface area (Å²) in [4.78, 5) is 14.9. The van der Waals surface area contributed by atoms with Crippen LogP contribution in [0.25, 0.3) is 0 Å². The number of nitrogens with two attached hydrogens (primary N) is 1. The first-order valence-corrected chi connectivity index (χ1v) is 7.74. The van der Waals surface area contributed by atoms with Gasteiger partial charge >= 0.3 is 6.01 Å². The summed E-state index contributed by atoms with van der Waals surface area (Å²) in [5.74, 6) is 7.03. The molecule has 2 aromatic rings. The summed E-state index contributed by atoms with van der Waals surface area (Å²) in [5.41, 5.74) is 2.46. The van der Waals surface area contributed by atoms with Crippen molar-refractivity contribution in [1.82, 2.24) is 15.0 Å². The number of para-hydroxylation sites is 1. The maximum absolute atomic E-state index is 5.76. The SMILES string of the molecule is NNc1nc(Oc2ccccc2I)nc(N2CCCC2)n1. The van der Waals surface area contributed by atoms with E-state index in [1.807, 2.05) is 24.3 Å². The Morgan fingerprint density at radius 1 is 1.14 bits per heavy atom. The molecular formula is C13H15IN6O. The molecule has 1 fully saturated rings. The van der Waals surface area contributed by atoms with Gasteiger partial charge in [0.05, 0.1) is 3.57 Å². The molecule has 3 rings (SSSR count). The molecule has 3 N–H and O–H groups in total. The van der Waals surface area contributed by atoms with Gasteiger partial charge in [0, 0.05) is 13.1 Å². The number of ether oxygens (including phenoxy) is 1. The molecule has 1 aliphatic rings. The van der Waals surface area contributed by atoms with Gasteiger partial charge in [0.1, 0.15) is 5.75 Å². The zero-order valence-corrected chi connectivity index (χ0v) is 13.4. The molecule has 0 atom stereocenters. The van der Waals surface area contributed by atoms with Crippen molar-refractivity contribution in [3.05, 3.63) is 27.8 Å². The lowest BCUT2D eigenvalue weighted by molar-refractivity contribution is 0.437. The van der Waals surface area contributed by atoms with E-state index in [1.165, 1.54) is 0 Å². The molecule has 0 saturated carbocycles. The Morgan fingerprint density at radius 2 is 1.90 bits per heavy atom. The first-order valence-electron chi connectivity index (χ1n) is 6.66. The van der Waals surface area contributed by atoms with Crippen molar-refractivity contribution in [1.29, 1.82) is 0 Å². The fourth-order valence-electron chi connectivity index (χ4n) is 2.14. The normalized spacial score (nSPS) is 14.3. The molecule has 1 aliphatic heterocycles. The molecule has 7 nitrogen and oxygen atoms in total. The fourth-order valence-corrected chi connectivity index (χ4v) is 2.64. The van der Waals surface area contributed by atoms with E-state index in [1.54, 1.807) is 0 Å². The second-order valence-electron chi connectivity index (χ2n) is 4.61. The summed E-state index contributed by atoms with van der Waals surface area (Å²) in [6, 6.07) is 7.92. The molecule has 0 radical (unpaired) electrons. The van der Waals surface area contributed by atoms with Gasteiger partial charge in [-0.1, -0.05) is 12.1 Å². The smallest absolute Gasteiger partial charge is 0.328 e. The number of hydrazine groups is 1. The molecule has 2 heterocycles. The average molecular weight is 398 g/mol. The third-order valence-electron chi connectivity index (χ3n) is 3.16. The topological polar surface area (TPSA) is 89.2 Å². The van der Waals surface area contributed by atoms with Gasteiger partial charge < -0.3 is 9.64 Å². The number of anilines is 2. The lowest BCUT2D eigenvalue weighted by Crippen LogP contribution is -2.22. The second-order valence-corrected chi connectivity index (χ2v) is 5.77. The van der Waals surface area contributed by atoms with Crippen molar-refractivity contribution in [2.24, 2.45) is 5.84 Å². The van der Waals surface area contributed by atoms with Gasteiger partial charge in [0.2, 0.25) is 11.9 Å². The number of nitrogen functional groups attached to an aromatic ring is 1. The molecule has 0 unspecified atom stereocenters. The van der Waals surface area contributed by atoms with E-state index < -0.39 is 0 Å². The monoisotopic (exact) mass is 398 g/mol. The molecule has 0 amide bonds. The van der Waals surface area contributed by atoms with Gasteiger partial charge in [-0.15, -0.1) is 0 Å². The van der Waals surface area contributed by atoms with Gasteiger partial charge in [0.15, 0.2) is 0 Å². The number of benzene rings is 1. The molecule has 1 aromatic heterocycles. The van der Waals surface area contributed by atoms with E-state index in [-0.39, 0.29) is 6.01 Å². The van der Waals surface area contributed by atoms with Crippen LogP contribution in [0.15, 0.2) is 24.3 Å². The van der Waals surface area contributed by atoms with Crippen LogP contribution in [0.4, 0.5) is 11.9 Å². The van der Waals surface area contributed by atoms with Crippen molar-refractivity contribution < 1.29 is 4.74 Å². The molecule has 1 saturated heterocycles. The van der Waals surface area contributed by atoms with E-state index >= 15 is 0 Å². The average Bonchev–Trinajstić information content (AvgIpc) is 3.04. The summed E-state index contributed by atoms with van der Waals surface area (Å²) in [6.45, 7) is 1.88. The highest BCUT2D eigenvalue weighted by Crippen LogP contribution is 2.26. The maximum Gasteiger partial charge on any atom is 0.328 e. The van der Waals surface area contributed by atoms with E-state index in [0.717, 1.165) is 29.5 Å². The van der Waals surface area contributed by atoms with Crippen LogP contribution in [-0.2, 0) is 0 Å². The Bertz CT molecular complexity index is 632. The van der Waals surface area contributed by atoms with Crippen LogP contribution in [0.2, 0.25) is 0 Å². The Morgan fingerprint density at radius 3 is 2.62 bits per heavy atom. The summed E-state index contributed by atoms with van der Waals surface area (Å²) in [7, 11) is 0. The summed E-state index contributed by atoms with van der Waals surface area (Å²) in [5, 5.41) is 0. The van der Waals surface area contributed by atoms with Gasteiger partial charge in [-0.25, -0.2) is 5.84 Å². The van der Waals surface area contributed by atoms with Crippen LogP contribution in [-0.4, -0.2) is 28.0 Å². The minimum absolute atomic E-state index is 0.240. The first-order chi connectivity index (χ1) is 10.3. The molecule has 0 spiro atoms. The number of nitrogens with one attached hydrogen (secondary N) is 1. The van der Waals surface area contributed by atoms with Crippen LogP contribution < -0.4 is 20.9 Å². The van der Waals surface area contributed by atoms with Crippen LogP contribution in [0, 0.1) is 3.57 Å². The van der Waals surface area contributed by atoms with E-state index in [0.29, 0.717) is 17.6 Å². The van der Waals surface area contributed by atoms with Crippen LogP contribution in [0.5, 0.6) is 11.8 Å². The zero-order valence-electron chi connectivity index (χ0n) is 11.3. The third kappa shape index (κ3) is 3.32. The number of rotatable bonds is 4. The van der Waals surface area contributed by atoms with Crippen LogP contribution >= 0.6 is 22.6 Å². The largest absolute Gasteiger partial charge is 0.423 e. The third-order valence-corrected chi connectivity index (χ3v) is 4.05. The summed E-state index contributed by atoms with van der Waals surface area (Å²) in [6.07, 6.45) is 2.29. The molecule has 110 valence electrons. The Hall–Kier alpha value is -1.68. The quantitative estimate of drug-likeness (QED) is 0.464. The predicted molar refractivity (Wildman–Crippen MR) is 88.3 cm³/mol. The molecule has 0 aliphatic carbocycles. The second kappa shape index (κ2) is 6.39. The van der Waals surface area contributed by atoms with Gasteiger partial charge in [-0.2, -0.15) is 15.0 Å². The number of halogens is 1. The summed E-state index contributed by atoms with van der Waals surface area (Å²) >= 11 is 2.21. The van der Waals surface area contributed by atoms with Crippen molar-refractivity contribution in [2.45, 2.75) is 12.8 Å². The fraction of sp³-hybridized carbons (Fsp3) is 0.308. The maximum atomic E-state index is 5.76. The van der Waals surface area contributed by atoms with Crippen molar-refractivity contribution in [2.75, 3.05) is 23.4 Å². The number of aromatic nitrogens is 3. The highest BCUT2D eigenvalue weighted by molar-refractivity contribution is 14.1. The highest BCUT2D eigenvalue weighted by Gasteiger charge is 2.18.